The van der Waals surface area contributed by atoms with Crippen molar-refractivity contribution >= 4 is 6.03 Å². The second-order valence-corrected chi connectivity index (χ2v) is 5.34. The summed E-state index contributed by atoms with van der Waals surface area (Å²) < 4.78 is 0. The van der Waals surface area contributed by atoms with Gasteiger partial charge in [0.05, 0.1) is 0 Å². The van der Waals surface area contributed by atoms with E-state index in [0.717, 1.165) is 25.9 Å². The lowest BCUT2D eigenvalue weighted by Gasteiger charge is -2.33. The van der Waals surface area contributed by atoms with Crippen LogP contribution in [0.25, 0.3) is 0 Å². The summed E-state index contributed by atoms with van der Waals surface area (Å²) >= 11 is 0. The molecule has 1 aliphatic rings. The van der Waals surface area contributed by atoms with Crippen molar-refractivity contribution < 1.29 is 4.79 Å². The maximum Gasteiger partial charge on any atom is 0.314 e. The first-order chi connectivity index (χ1) is 9.08. The minimum Gasteiger partial charge on any atom is -0.351 e. The van der Waals surface area contributed by atoms with Crippen LogP contribution < -0.4 is 11.1 Å². The number of likely N-dealkylation sites (tertiary alicyclic amines) is 1. The maximum atomic E-state index is 11.1. The van der Waals surface area contributed by atoms with Crippen molar-refractivity contribution in [3.8, 4) is 0 Å². The molecule has 19 heavy (non-hydrogen) atoms. The quantitative estimate of drug-likeness (QED) is 0.876. The molecule has 0 radical (unpaired) electrons. The molecule has 1 fully saturated rings. The molecule has 1 heterocycles. The number of nitrogens with one attached hydrogen (secondary N) is 1. The van der Waals surface area contributed by atoms with Gasteiger partial charge in [-0.3, -0.25) is 0 Å². The number of nitrogens with zero attached hydrogens (tertiary/aromatic N) is 1. The van der Waals surface area contributed by atoms with Crippen LogP contribution in [0.2, 0.25) is 0 Å². The molecule has 4 heteroatoms. The van der Waals surface area contributed by atoms with E-state index in [1.54, 1.807) is 4.90 Å². The predicted molar refractivity (Wildman–Crippen MR) is 76.9 cm³/mol. The first kappa shape index (κ1) is 13.9. The van der Waals surface area contributed by atoms with Crippen LogP contribution in [0, 0.1) is 6.92 Å². The Morgan fingerprint density at radius 2 is 2.00 bits per heavy atom. The van der Waals surface area contributed by atoms with E-state index < -0.39 is 0 Å². The Labute approximate surface area is 115 Å². The van der Waals surface area contributed by atoms with E-state index >= 15 is 0 Å². The van der Waals surface area contributed by atoms with Crippen LogP contribution >= 0.6 is 0 Å². The number of hydrogen-bond donors (Lipinski definition) is 2. The van der Waals surface area contributed by atoms with Crippen molar-refractivity contribution in [2.75, 3.05) is 13.1 Å². The standard InChI is InChI=1S/C15H23N3O/c1-11-5-3-4-6-14(11)12(2)17-13-7-9-18(10-8-13)15(16)19/h3-6,12-13,17H,7-10H2,1-2H3,(H2,16,19)/t12-/m0/s1. The summed E-state index contributed by atoms with van der Waals surface area (Å²) in [6.45, 7) is 5.85. The molecule has 2 rings (SSSR count). The zero-order valence-corrected chi connectivity index (χ0v) is 11.7. The number of carbonyl (C=O) groups is 1. The van der Waals surface area contributed by atoms with E-state index in [2.05, 4.69) is 43.4 Å². The van der Waals surface area contributed by atoms with Gasteiger partial charge in [-0.15, -0.1) is 0 Å². The lowest BCUT2D eigenvalue weighted by atomic mass is 9.99. The van der Waals surface area contributed by atoms with E-state index in [9.17, 15) is 4.79 Å². The number of benzene rings is 1. The molecule has 0 aliphatic carbocycles. The molecule has 1 aromatic rings. The molecule has 4 nitrogen and oxygen atoms in total. The Morgan fingerprint density at radius 1 is 1.37 bits per heavy atom. The van der Waals surface area contributed by atoms with E-state index in [4.69, 9.17) is 5.73 Å². The molecular weight excluding hydrogens is 238 g/mol. The highest BCUT2D eigenvalue weighted by molar-refractivity contribution is 5.72. The average Bonchev–Trinajstić information content (AvgIpc) is 2.39. The summed E-state index contributed by atoms with van der Waals surface area (Å²) in [6.07, 6.45) is 1.94. The van der Waals surface area contributed by atoms with Crippen LogP contribution in [0.3, 0.4) is 0 Å². The van der Waals surface area contributed by atoms with Gasteiger partial charge in [-0.2, -0.15) is 0 Å². The largest absolute Gasteiger partial charge is 0.351 e. The van der Waals surface area contributed by atoms with Crippen molar-refractivity contribution in [2.45, 2.75) is 38.8 Å². The Balaban J connectivity index is 1.89. The summed E-state index contributed by atoms with van der Waals surface area (Å²) in [5, 5.41) is 3.66. The predicted octanol–water partition coefficient (Wildman–Crippen LogP) is 2.19. The molecule has 0 aromatic heterocycles. The van der Waals surface area contributed by atoms with Crippen LogP contribution in [-0.2, 0) is 0 Å². The van der Waals surface area contributed by atoms with Crippen molar-refractivity contribution in [3.05, 3.63) is 35.4 Å². The molecule has 0 saturated carbocycles. The third kappa shape index (κ3) is 3.47. The van der Waals surface area contributed by atoms with Crippen molar-refractivity contribution in [1.82, 2.24) is 10.2 Å². The Bertz CT molecular complexity index is 439. The van der Waals surface area contributed by atoms with Gasteiger partial charge in [-0.05, 0) is 37.8 Å². The van der Waals surface area contributed by atoms with Gasteiger partial charge >= 0.3 is 6.03 Å². The highest BCUT2D eigenvalue weighted by Crippen LogP contribution is 2.20. The Hall–Kier alpha value is -1.55. The smallest absolute Gasteiger partial charge is 0.314 e. The van der Waals surface area contributed by atoms with Crippen molar-refractivity contribution in [2.24, 2.45) is 5.73 Å². The van der Waals surface area contributed by atoms with E-state index in [1.807, 2.05) is 0 Å². The lowest BCUT2D eigenvalue weighted by molar-refractivity contribution is 0.183. The SMILES string of the molecule is Cc1ccccc1[C@H](C)NC1CCN(C(N)=O)CC1. The van der Waals surface area contributed by atoms with Crippen LogP contribution in [0.1, 0.15) is 36.9 Å². The monoisotopic (exact) mass is 261 g/mol. The normalized spacial score (nSPS) is 18.3. The molecule has 0 bridgehead atoms. The van der Waals surface area contributed by atoms with E-state index in [-0.39, 0.29) is 6.03 Å². The van der Waals surface area contributed by atoms with Gasteiger partial charge in [-0.25, -0.2) is 4.79 Å². The van der Waals surface area contributed by atoms with Gasteiger partial charge in [0, 0.05) is 25.2 Å². The number of rotatable bonds is 3. The molecule has 1 atom stereocenters. The van der Waals surface area contributed by atoms with Gasteiger partial charge < -0.3 is 16.0 Å². The first-order valence-corrected chi connectivity index (χ1v) is 6.94. The summed E-state index contributed by atoms with van der Waals surface area (Å²) in [5.74, 6) is 0. The summed E-state index contributed by atoms with van der Waals surface area (Å²) in [6, 6.07) is 8.96. The number of carbonyl (C=O) groups excluding carboxylic acids is 1. The van der Waals surface area contributed by atoms with Gasteiger partial charge in [-0.1, -0.05) is 24.3 Å². The summed E-state index contributed by atoms with van der Waals surface area (Å²) in [5.41, 5.74) is 7.96. The number of amides is 2. The fraction of sp³-hybridized carbons (Fsp3) is 0.533. The number of aryl methyl sites for hydroxylation is 1. The number of primary amides is 1. The topological polar surface area (TPSA) is 58.4 Å². The third-order valence-electron chi connectivity index (χ3n) is 3.95. The molecule has 104 valence electrons. The second kappa shape index (κ2) is 6.06. The molecule has 1 aliphatic heterocycles. The van der Waals surface area contributed by atoms with E-state index in [1.165, 1.54) is 11.1 Å². The third-order valence-corrected chi connectivity index (χ3v) is 3.95. The fourth-order valence-corrected chi connectivity index (χ4v) is 2.78. The molecular formula is C15H23N3O. The minimum atomic E-state index is -0.301. The minimum absolute atomic E-state index is 0.301. The van der Waals surface area contributed by atoms with Gasteiger partial charge in [0.1, 0.15) is 0 Å². The zero-order chi connectivity index (χ0) is 13.8. The van der Waals surface area contributed by atoms with Gasteiger partial charge in [0.15, 0.2) is 0 Å². The Morgan fingerprint density at radius 3 is 2.58 bits per heavy atom. The maximum absolute atomic E-state index is 11.1. The van der Waals surface area contributed by atoms with Crippen LogP contribution in [0.5, 0.6) is 0 Å². The van der Waals surface area contributed by atoms with Gasteiger partial charge in [0.2, 0.25) is 0 Å². The summed E-state index contributed by atoms with van der Waals surface area (Å²) in [4.78, 5) is 12.8. The molecule has 1 aromatic carbocycles. The van der Waals surface area contributed by atoms with E-state index in [0.29, 0.717) is 12.1 Å². The number of nitrogens with two attached hydrogens (primary N) is 1. The highest BCUT2D eigenvalue weighted by atomic mass is 16.2. The second-order valence-electron chi connectivity index (χ2n) is 5.34. The van der Waals surface area contributed by atoms with Gasteiger partial charge in [0.25, 0.3) is 0 Å². The highest BCUT2D eigenvalue weighted by Gasteiger charge is 2.22. The number of piperidine rings is 1. The molecule has 0 unspecified atom stereocenters. The lowest BCUT2D eigenvalue weighted by Crippen LogP contribution is -2.47. The van der Waals surface area contributed by atoms with Crippen LogP contribution in [0.15, 0.2) is 24.3 Å². The van der Waals surface area contributed by atoms with Crippen LogP contribution in [-0.4, -0.2) is 30.1 Å². The Kier molecular flexibility index (Phi) is 4.43. The first-order valence-electron chi connectivity index (χ1n) is 6.94. The van der Waals surface area contributed by atoms with Crippen molar-refractivity contribution in [1.29, 1.82) is 0 Å². The molecule has 0 spiro atoms. The number of urea groups is 1. The van der Waals surface area contributed by atoms with Crippen molar-refractivity contribution in [3.63, 3.8) is 0 Å². The molecule has 3 N–H and O–H groups in total. The summed E-state index contributed by atoms with van der Waals surface area (Å²) in [7, 11) is 0. The average molecular weight is 261 g/mol. The number of hydrogen-bond acceptors (Lipinski definition) is 2. The fourth-order valence-electron chi connectivity index (χ4n) is 2.78. The molecule has 1 saturated heterocycles. The molecule has 2 amide bonds. The zero-order valence-electron chi connectivity index (χ0n) is 11.7. The van der Waals surface area contributed by atoms with Crippen LogP contribution in [0.4, 0.5) is 4.79 Å².